The van der Waals surface area contributed by atoms with Crippen molar-refractivity contribution < 1.29 is 30.2 Å². The van der Waals surface area contributed by atoms with E-state index < -0.39 is 0 Å². The molecule has 0 saturated heterocycles. The van der Waals surface area contributed by atoms with Crippen LogP contribution in [-0.2, 0) is 41.6 Å². The molecule has 230 valence electrons. The predicted molar refractivity (Wildman–Crippen MR) is 184 cm³/mol. The van der Waals surface area contributed by atoms with Crippen LogP contribution in [0.15, 0.2) is 41.8 Å². The van der Waals surface area contributed by atoms with E-state index in [9.17, 15) is 10.2 Å². The van der Waals surface area contributed by atoms with E-state index in [4.69, 9.17) is 0 Å². The van der Waals surface area contributed by atoms with Gasteiger partial charge in [0.2, 0.25) is 0 Å². The molecule has 2 nitrogen and oxygen atoms in total. The molecule has 0 aliphatic heterocycles. The van der Waals surface area contributed by atoms with Gasteiger partial charge in [0.25, 0.3) is 0 Å². The fraction of sp³-hybridized carbons (Fsp3) is 0.514. The first-order valence-corrected chi connectivity index (χ1v) is 15.5. The molecule has 41 heavy (non-hydrogen) atoms. The maximum atomic E-state index is 10.0. The number of aromatic hydroxyl groups is 2. The molecule has 3 rings (SSSR count). The van der Waals surface area contributed by atoms with Crippen molar-refractivity contribution in [3.63, 3.8) is 0 Å². The Hall–Kier alpha value is -1.10. The van der Waals surface area contributed by atoms with E-state index in [1.165, 1.54) is 16.0 Å². The van der Waals surface area contributed by atoms with E-state index in [1.54, 1.807) is 11.3 Å². The summed E-state index contributed by atoms with van der Waals surface area (Å²) in [5.41, 5.74) is 7.23. The number of halogens is 2. The second-order valence-corrected chi connectivity index (χ2v) is 16.0. The van der Waals surface area contributed by atoms with Crippen molar-refractivity contribution in [2.75, 3.05) is 0 Å². The SMILES string of the molecule is Cc1cc(O)c(C(C)(C)C)cc1C(C)(C)C.Cc1cc(O)c(C(C)(C)C)cc1C(C)(C)C.Cl.Cl.[Ti]=[CH]c1cccs1. The topological polar surface area (TPSA) is 40.5 Å². The fourth-order valence-electron chi connectivity index (χ4n) is 4.58. The van der Waals surface area contributed by atoms with Gasteiger partial charge in [0, 0.05) is 0 Å². The van der Waals surface area contributed by atoms with Crippen molar-refractivity contribution in [1.29, 1.82) is 0 Å². The summed E-state index contributed by atoms with van der Waals surface area (Å²) in [5.74, 6) is 0.830. The van der Waals surface area contributed by atoms with Crippen LogP contribution >= 0.6 is 36.2 Å². The molecule has 6 heteroatoms. The van der Waals surface area contributed by atoms with Gasteiger partial charge in [-0.3, -0.25) is 0 Å². The molecule has 2 N–H and O–H groups in total. The minimum absolute atomic E-state index is 0. The number of phenolic OH excluding ortho intramolecular Hbond substituents is 2. The molecule has 1 heterocycles. The van der Waals surface area contributed by atoms with E-state index in [1.807, 2.05) is 32.1 Å². The number of phenols is 2. The van der Waals surface area contributed by atoms with Gasteiger partial charge < -0.3 is 10.2 Å². The molecule has 0 atom stereocenters. The molecular weight excluding hydrogens is 603 g/mol. The Morgan fingerprint density at radius 3 is 1.10 bits per heavy atom. The molecule has 0 saturated carbocycles. The van der Waals surface area contributed by atoms with Gasteiger partial charge in [-0.15, -0.1) is 24.8 Å². The Bertz CT molecular complexity index is 1090. The molecule has 0 radical (unpaired) electrons. The van der Waals surface area contributed by atoms with Crippen molar-refractivity contribution >= 4 is 40.5 Å². The number of rotatable bonds is 1. The van der Waals surface area contributed by atoms with Gasteiger partial charge in [-0.25, -0.2) is 0 Å². The summed E-state index contributed by atoms with van der Waals surface area (Å²) in [5, 5.41) is 22.1. The predicted octanol–water partition coefficient (Wildman–Crippen LogP) is 10.9. The summed E-state index contributed by atoms with van der Waals surface area (Å²) in [6, 6.07) is 12.3. The van der Waals surface area contributed by atoms with Crippen LogP contribution < -0.4 is 0 Å². The van der Waals surface area contributed by atoms with Gasteiger partial charge in [0.05, 0.1) is 0 Å². The van der Waals surface area contributed by atoms with Gasteiger partial charge in [-0.2, -0.15) is 0 Å². The third-order valence-corrected chi connectivity index (χ3v) is 8.23. The molecule has 0 bridgehead atoms. The van der Waals surface area contributed by atoms with Crippen LogP contribution in [0.2, 0.25) is 0 Å². The van der Waals surface area contributed by atoms with E-state index >= 15 is 0 Å². The van der Waals surface area contributed by atoms with Crippen LogP contribution in [0.25, 0.3) is 0 Å². The summed E-state index contributed by atoms with van der Waals surface area (Å²) in [6.07, 6.45) is 0. The van der Waals surface area contributed by atoms with Gasteiger partial charge in [0.15, 0.2) is 0 Å². The zero-order chi connectivity index (χ0) is 30.6. The van der Waals surface area contributed by atoms with Crippen LogP contribution in [0.5, 0.6) is 11.5 Å². The van der Waals surface area contributed by atoms with Gasteiger partial charge >= 0.3 is 58.0 Å². The molecule has 0 amide bonds. The van der Waals surface area contributed by atoms with Crippen LogP contribution in [0.1, 0.15) is 121 Å². The van der Waals surface area contributed by atoms with Crippen LogP contribution in [0, 0.1) is 13.8 Å². The molecule has 0 aliphatic carbocycles. The van der Waals surface area contributed by atoms with E-state index in [0.29, 0.717) is 11.5 Å². The van der Waals surface area contributed by atoms with Crippen molar-refractivity contribution in [1.82, 2.24) is 0 Å². The minimum atomic E-state index is -0.0161. The molecule has 0 unspecified atom stereocenters. The first-order valence-electron chi connectivity index (χ1n) is 13.7. The summed E-state index contributed by atoms with van der Waals surface area (Å²) < 4.78 is 2.10. The molecular formula is C35H54Cl2O2STi. The summed E-state index contributed by atoms with van der Waals surface area (Å²) in [7, 11) is 0. The van der Waals surface area contributed by atoms with Crippen molar-refractivity contribution in [3.8, 4) is 11.5 Å². The average Bonchev–Trinajstić information content (AvgIpc) is 3.24. The van der Waals surface area contributed by atoms with Gasteiger partial charge in [-0.1, -0.05) is 95.2 Å². The fourth-order valence-corrected chi connectivity index (χ4v) is 5.58. The Labute approximate surface area is 279 Å². The summed E-state index contributed by atoms with van der Waals surface area (Å²) in [4.78, 5) is 1.35. The third kappa shape index (κ3) is 13.0. The van der Waals surface area contributed by atoms with Crippen LogP contribution in [0.3, 0.4) is 0 Å². The monoisotopic (exact) mass is 656 g/mol. The standard InChI is InChI=1S/2C15H24O.C5H4S.2ClH.Ti/c2*1-10-8-13(16)12(15(5,6)7)9-11(10)14(2,3)4;1-5-3-2-4-6-5;;;/h2*8-9,16H,1-7H3;1-4H;2*1H;. The average molecular weight is 658 g/mol. The third-order valence-electron chi connectivity index (χ3n) is 6.60. The molecule has 1 aromatic heterocycles. The zero-order valence-electron chi connectivity index (χ0n) is 27.7. The number of benzene rings is 2. The molecule has 0 spiro atoms. The summed E-state index contributed by atoms with van der Waals surface area (Å²) in [6.45, 7) is 30.1. The second-order valence-electron chi connectivity index (χ2n) is 14.5. The second kappa shape index (κ2) is 16.1. The van der Waals surface area contributed by atoms with Crippen LogP contribution in [0.4, 0.5) is 0 Å². The van der Waals surface area contributed by atoms with E-state index in [2.05, 4.69) is 131 Å². The molecule has 0 aliphatic rings. The van der Waals surface area contributed by atoms with Crippen molar-refractivity contribution in [3.05, 3.63) is 80.0 Å². The summed E-state index contributed by atoms with van der Waals surface area (Å²) >= 11 is 3.81. The van der Waals surface area contributed by atoms with E-state index in [0.717, 1.165) is 22.3 Å². The first kappa shape index (κ1) is 42.0. The number of thiophene rings is 1. The Morgan fingerprint density at radius 1 is 0.585 bits per heavy atom. The number of hydrogen-bond acceptors (Lipinski definition) is 3. The Kier molecular flexibility index (Phi) is 16.5. The first-order chi connectivity index (χ1) is 17.5. The number of hydrogen-bond donors (Lipinski definition) is 2. The quantitative estimate of drug-likeness (QED) is 0.256. The Morgan fingerprint density at radius 2 is 0.902 bits per heavy atom. The van der Waals surface area contributed by atoms with Gasteiger partial charge in [-0.05, 0) is 81.0 Å². The van der Waals surface area contributed by atoms with Crippen LogP contribution in [-0.4, -0.2) is 14.5 Å². The zero-order valence-corrected chi connectivity index (χ0v) is 31.7. The van der Waals surface area contributed by atoms with E-state index in [-0.39, 0.29) is 46.5 Å². The van der Waals surface area contributed by atoms with Crippen molar-refractivity contribution in [2.24, 2.45) is 0 Å². The molecule has 0 fully saturated rings. The van der Waals surface area contributed by atoms with Gasteiger partial charge in [0.1, 0.15) is 11.5 Å². The normalized spacial score (nSPS) is 11.5. The van der Waals surface area contributed by atoms with Crippen molar-refractivity contribution in [2.45, 2.75) is 119 Å². The molecule has 3 aromatic rings. The maximum absolute atomic E-state index is 10.0. The molecule has 2 aromatic carbocycles. The Balaban J connectivity index is 0. The number of aryl methyl sites for hydroxylation is 2.